The molecule has 0 unspecified atom stereocenters. The van der Waals surface area contributed by atoms with Crippen LogP contribution in [0.2, 0.25) is 0 Å². The number of ether oxygens (including phenoxy) is 1. The van der Waals surface area contributed by atoms with E-state index in [1.165, 1.54) is 15.9 Å². The maximum atomic E-state index is 13.3. The van der Waals surface area contributed by atoms with Gasteiger partial charge in [0, 0.05) is 22.9 Å². The second kappa shape index (κ2) is 9.42. The molecule has 3 aromatic heterocycles. The van der Waals surface area contributed by atoms with Crippen LogP contribution in [0.3, 0.4) is 0 Å². The molecule has 9 heteroatoms. The van der Waals surface area contributed by atoms with Crippen molar-refractivity contribution < 1.29 is 4.74 Å². The summed E-state index contributed by atoms with van der Waals surface area (Å²) in [6.45, 7) is 2.03. The van der Waals surface area contributed by atoms with E-state index in [4.69, 9.17) is 9.84 Å². The Morgan fingerprint density at radius 3 is 2.43 bits per heavy atom. The van der Waals surface area contributed by atoms with Crippen LogP contribution in [0.25, 0.3) is 39.4 Å². The van der Waals surface area contributed by atoms with Crippen LogP contribution in [-0.2, 0) is 0 Å². The molecule has 0 bridgehead atoms. The zero-order valence-corrected chi connectivity index (χ0v) is 22.3. The van der Waals surface area contributed by atoms with E-state index in [2.05, 4.69) is 26.0 Å². The topological polar surface area (TPSA) is 74.3 Å². The van der Waals surface area contributed by atoms with Crippen molar-refractivity contribution in [2.24, 2.45) is 0 Å². The number of para-hydroxylation sites is 1. The monoisotopic (exact) mass is 569 g/mol. The number of aromatic nitrogens is 5. The van der Waals surface area contributed by atoms with Gasteiger partial charge in [-0.1, -0.05) is 59.4 Å². The molecule has 0 radical (unpaired) electrons. The lowest BCUT2D eigenvalue weighted by Gasteiger charge is -2.05. The molecule has 6 aromatic rings. The minimum Gasteiger partial charge on any atom is -0.496 e. The van der Waals surface area contributed by atoms with E-state index in [1.807, 2.05) is 96.7 Å². The van der Waals surface area contributed by atoms with E-state index in [-0.39, 0.29) is 5.56 Å². The molecule has 182 valence electrons. The molecule has 7 nitrogen and oxygen atoms in total. The molecule has 0 amide bonds. The standard InChI is InChI=1S/C28H20BrN5O2S/c1-17-8-10-18(11-9-17)26-30-28-34(32-26)27(35)24(37-28)15-20-16-33(21-6-4-3-5-7-21)31-25(20)19-12-13-23(36-2)22(29)14-19/h3-16H,1-2H3. The van der Waals surface area contributed by atoms with Gasteiger partial charge in [0.1, 0.15) is 11.4 Å². The minimum atomic E-state index is -0.208. The second-order valence-electron chi connectivity index (χ2n) is 8.47. The molecule has 3 heterocycles. The van der Waals surface area contributed by atoms with Crippen molar-refractivity contribution in [3.63, 3.8) is 0 Å². The molecular weight excluding hydrogens is 550 g/mol. The molecule has 6 rings (SSSR count). The Kier molecular flexibility index (Phi) is 5.94. The van der Waals surface area contributed by atoms with Crippen LogP contribution in [0.15, 0.2) is 88.3 Å². The number of rotatable bonds is 5. The predicted octanol–water partition coefficient (Wildman–Crippen LogP) is 5.30. The van der Waals surface area contributed by atoms with Gasteiger partial charge < -0.3 is 4.74 Å². The number of methoxy groups -OCH3 is 1. The van der Waals surface area contributed by atoms with Crippen LogP contribution < -0.4 is 14.8 Å². The molecule has 0 aliphatic carbocycles. The van der Waals surface area contributed by atoms with Crippen molar-refractivity contribution in [2.45, 2.75) is 6.92 Å². The average Bonchev–Trinajstić information content (AvgIpc) is 3.60. The van der Waals surface area contributed by atoms with Gasteiger partial charge in [-0.25, -0.2) is 4.68 Å². The fraction of sp³-hybridized carbons (Fsp3) is 0.0714. The van der Waals surface area contributed by atoms with Gasteiger partial charge >= 0.3 is 0 Å². The molecule has 0 N–H and O–H groups in total. The van der Waals surface area contributed by atoms with Crippen LogP contribution in [0.1, 0.15) is 11.1 Å². The smallest absolute Gasteiger partial charge is 0.291 e. The van der Waals surface area contributed by atoms with E-state index in [0.29, 0.717) is 15.3 Å². The van der Waals surface area contributed by atoms with Crippen LogP contribution in [0.5, 0.6) is 5.75 Å². The Morgan fingerprint density at radius 1 is 0.973 bits per heavy atom. The SMILES string of the molecule is COc1ccc(-c2nn(-c3ccccc3)cc2C=c2sc3nc(-c4ccc(C)cc4)nn3c2=O)cc1Br. The summed E-state index contributed by atoms with van der Waals surface area (Å²) >= 11 is 4.88. The van der Waals surface area contributed by atoms with Gasteiger partial charge in [-0.05, 0) is 59.3 Å². The van der Waals surface area contributed by atoms with E-state index in [0.717, 1.165) is 43.9 Å². The maximum absolute atomic E-state index is 13.3. The molecule has 0 atom stereocenters. The second-order valence-corrected chi connectivity index (χ2v) is 10.3. The molecule has 0 fully saturated rings. The molecule has 37 heavy (non-hydrogen) atoms. The lowest BCUT2D eigenvalue weighted by molar-refractivity contribution is 0.412. The summed E-state index contributed by atoms with van der Waals surface area (Å²) in [6, 6.07) is 23.6. The summed E-state index contributed by atoms with van der Waals surface area (Å²) in [5, 5.41) is 9.34. The van der Waals surface area contributed by atoms with Crippen molar-refractivity contribution in [1.82, 2.24) is 24.4 Å². The van der Waals surface area contributed by atoms with Crippen molar-refractivity contribution in [1.29, 1.82) is 0 Å². The van der Waals surface area contributed by atoms with Crippen LogP contribution in [-0.4, -0.2) is 31.5 Å². The highest BCUT2D eigenvalue weighted by molar-refractivity contribution is 9.10. The predicted molar refractivity (Wildman–Crippen MR) is 149 cm³/mol. The van der Waals surface area contributed by atoms with E-state index >= 15 is 0 Å². The summed E-state index contributed by atoms with van der Waals surface area (Å²) in [4.78, 5) is 18.4. The van der Waals surface area contributed by atoms with Crippen molar-refractivity contribution in [2.75, 3.05) is 7.11 Å². The Morgan fingerprint density at radius 2 is 1.73 bits per heavy atom. The van der Waals surface area contributed by atoms with Gasteiger partial charge in [-0.2, -0.15) is 14.6 Å². The van der Waals surface area contributed by atoms with Crippen LogP contribution >= 0.6 is 27.3 Å². The van der Waals surface area contributed by atoms with E-state index in [9.17, 15) is 4.79 Å². The minimum absolute atomic E-state index is 0.208. The number of nitrogens with zero attached hydrogens (tertiary/aromatic N) is 5. The molecule has 0 spiro atoms. The first kappa shape index (κ1) is 23.3. The average molecular weight is 570 g/mol. The van der Waals surface area contributed by atoms with E-state index in [1.54, 1.807) is 7.11 Å². The Bertz CT molecular complexity index is 1860. The molecule has 0 aliphatic rings. The fourth-order valence-electron chi connectivity index (χ4n) is 4.04. The summed E-state index contributed by atoms with van der Waals surface area (Å²) in [5.74, 6) is 1.27. The van der Waals surface area contributed by atoms with Crippen molar-refractivity contribution >= 4 is 38.3 Å². The third-order valence-corrected chi connectivity index (χ3v) is 7.55. The molecular formula is C28H20BrN5O2S. The highest BCUT2D eigenvalue weighted by atomic mass is 79.9. The third kappa shape index (κ3) is 4.36. The third-order valence-electron chi connectivity index (χ3n) is 5.97. The van der Waals surface area contributed by atoms with Crippen LogP contribution in [0.4, 0.5) is 0 Å². The maximum Gasteiger partial charge on any atom is 0.291 e. The number of aryl methyl sites for hydroxylation is 1. The number of benzene rings is 3. The van der Waals surface area contributed by atoms with Gasteiger partial charge in [0.05, 0.1) is 21.8 Å². The highest BCUT2D eigenvalue weighted by Gasteiger charge is 2.16. The molecule has 0 saturated carbocycles. The lowest BCUT2D eigenvalue weighted by Crippen LogP contribution is -2.23. The zero-order valence-electron chi connectivity index (χ0n) is 19.9. The first-order chi connectivity index (χ1) is 18.0. The normalized spacial score (nSPS) is 11.9. The van der Waals surface area contributed by atoms with Gasteiger partial charge in [0.25, 0.3) is 5.56 Å². The van der Waals surface area contributed by atoms with Gasteiger partial charge in [0.15, 0.2) is 5.82 Å². The number of hydrogen-bond donors (Lipinski definition) is 0. The summed E-state index contributed by atoms with van der Waals surface area (Å²) in [6.07, 6.45) is 3.78. The first-order valence-electron chi connectivity index (χ1n) is 11.5. The fourth-order valence-corrected chi connectivity index (χ4v) is 5.48. The van der Waals surface area contributed by atoms with Crippen molar-refractivity contribution in [3.8, 4) is 34.1 Å². The summed E-state index contributed by atoms with van der Waals surface area (Å²) in [5.41, 5.74) is 5.18. The van der Waals surface area contributed by atoms with Gasteiger partial charge in [-0.15, -0.1) is 5.10 Å². The van der Waals surface area contributed by atoms with Gasteiger partial charge in [0.2, 0.25) is 4.96 Å². The summed E-state index contributed by atoms with van der Waals surface area (Å²) in [7, 11) is 1.63. The Labute approximate surface area is 224 Å². The Balaban J connectivity index is 1.48. The molecule has 0 saturated heterocycles. The van der Waals surface area contributed by atoms with Gasteiger partial charge in [-0.3, -0.25) is 4.79 Å². The number of fused-ring (bicyclic) bond motifs is 1. The van der Waals surface area contributed by atoms with E-state index < -0.39 is 0 Å². The largest absolute Gasteiger partial charge is 0.496 e. The zero-order chi connectivity index (χ0) is 25.5. The number of thiazole rings is 1. The number of hydrogen-bond acceptors (Lipinski definition) is 6. The number of halogens is 1. The molecule has 0 aliphatic heterocycles. The quantitative estimate of drug-likeness (QED) is 0.282. The lowest BCUT2D eigenvalue weighted by atomic mass is 10.1. The molecule has 3 aromatic carbocycles. The highest BCUT2D eigenvalue weighted by Crippen LogP contribution is 2.32. The van der Waals surface area contributed by atoms with Crippen LogP contribution in [0, 0.1) is 6.92 Å². The van der Waals surface area contributed by atoms with Crippen molar-refractivity contribution in [3.05, 3.63) is 109 Å². The first-order valence-corrected chi connectivity index (χ1v) is 13.1. The Hall–Kier alpha value is -4.08. The summed E-state index contributed by atoms with van der Waals surface area (Å²) < 4.78 is 9.93.